The summed E-state index contributed by atoms with van der Waals surface area (Å²) in [5.41, 5.74) is 0. The van der Waals surface area contributed by atoms with E-state index in [1.807, 2.05) is 7.05 Å². The number of hydrogen-bond acceptors (Lipinski definition) is 2. The average Bonchev–Trinajstić information content (AvgIpc) is 3.12. The third-order valence-corrected chi connectivity index (χ3v) is 4.59. The summed E-state index contributed by atoms with van der Waals surface area (Å²) >= 11 is 0. The minimum absolute atomic E-state index is 0.649. The number of aliphatic imine (C=N–C) groups is 1. The summed E-state index contributed by atoms with van der Waals surface area (Å²) in [5, 5.41) is 6.89. The Morgan fingerprint density at radius 3 is 2.75 bits per heavy atom. The Balaban J connectivity index is 1.50. The SMILES string of the molecule is CN=C(NCCCCN1CCCC(C)C1)NC1CC1C. The summed E-state index contributed by atoms with van der Waals surface area (Å²) in [5.74, 6) is 2.69. The Morgan fingerprint density at radius 1 is 1.30 bits per heavy atom. The second-order valence-electron chi connectivity index (χ2n) is 6.72. The van der Waals surface area contributed by atoms with Gasteiger partial charge in [-0.3, -0.25) is 4.99 Å². The van der Waals surface area contributed by atoms with Crippen molar-refractivity contribution < 1.29 is 0 Å². The Hall–Kier alpha value is -0.770. The van der Waals surface area contributed by atoms with E-state index in [-0.39, 0.29) is 0 Å². The number of rotatable bonds is 6. The van der Waals surface area contributed by atoms with Crippen LogP contribution in [0.4, 0.5) is 0 Å². The fourth-order valence-corrected chi connectivity index (χ4v) is 3.05. The van der Waals surface area contributed by atoms with Crippen LogP contribution in [-0.4, -0.2) is 50.1 Å². The van der Waals surface area contributed by atoms with Gasteiger partial charge in [-0.2, -0.15) is 0 Å². The highest BCUT2D eigenvalue weighted by molar-refractivity contribution is 5.80. The molecule has 2 fully saturated rings. The summed E-state index contributed by atoms with van der Waals surface area (Å²) in [6, 6.07) is 0.649. The lowest BCUT2D eigenvalue weighted by Crippen LogP contribution is -2.39. The molecule has 0 radical (unpaired) electrons. The summed E-state index contributed by atoms with van der Waals surface area (Å²) < 4.78 is 0. The van der Waals surface area contributed by atoms with Crippen LogP contribution in [0.15, 0.2) is 4.99 Å². The summed E-state index contributed by atoms with van der Waals surface area (Å²) in [6.45, 7) is 9.56. The summed E-state index contributed by atoms with van der Waals surface area (Å²) in [4.78, 5) is 6.92. The van der Waals surface area contributed by atoms with Crippen LogP contribution in [0.2, 0.25) is 0 Å². The van der Waals surface area contributed by atoms with E-state index in [0.29, 0.717) is 6.04 Å². The molecule has 0 bridgehead atoms. The zero-order chi connectivity index (χ0) is 14.4. The molecule has 1 saturated heterocycles. The second kappa shape index (κ2) is 7.87. The fourth-order valence-electron chi connectivity index (χ4n) is 3.05. The van der Waals surface area contributed by atoms with E-state index in [1.165, 1.54) is 51.7 Å². The van der Waals surface area contributed by atoms with Gasteiger partial charge in [-0.15, -0.1) is 0 Å². The number of unbranched alkanes of at least 4 members (excludes halogenated alkanes) is 1. The third kappa shape index (κ3) is 5.31. The van der Waals surface area contributed by atoms with Gasteiger partial charge in [-0.1, -0.05) is 13.8 Å². The van der Waals surface area contributed by atoms with E-state index in [0.717, 1.165) is 24.3 Å². The van der Waals surface area contributed by atoms with Crippen LogP contribution >= 0.6 is 0 Å². The Labute approximate surface area is 124 Å². The smallest absolute Gasteiger partial charge is 0.191 e. The number of hydrogen-bond donors (Lipinski definition) is 2. The highest BCUT2D eigenvalue weighted by Crippen LogP contribution is 2.28. The topological polar surface area (TPSA) is 39.7 Å². The largest absolute Gasteiger partial charge is 0.356 e. The van der Waals surface area contributed by atoms with E-state index in [9.17, 15) is 0 Å². The molecular formula is C16H32N4. The number of guanidine groups is 1. The monoisotopic (exact) mass is 280 g/mol. The Kier molecular flexibility index (Phi) is 6.14. The van der Waals surface area contributed by atoms with Gasteiger partial charge in [0.2, 0.25) is 0 Å². The normalized spacial score (nSPS) is 31.1. The number of piperidine rings is 1. The summed E-state index contributed by atoms with van der Waals surface area (Å²) in [6.07, 6.45) is 6.60. The maximum atomic E-state index is 4.28. The van der Waals surface area contributed by atoms with Gasteiger partial charge in [0.1, 0.15) is 0 Å². The van der Waals surface area contributed by atoms with Crippen molar-refractivity contribution in [3.05, 3.63) is 0 Å². The van der Waals surface area contributed by atoms with Gasteiger partial charge < -0.3 is 15.5 Å². The van der Waals surface area contributed by atoms with Crippen molar-refractivity contribution in [2.75, 3.05) is 33.2 Å². The molecule has 1 heterocycles. The predicted molar refractivity (Wildman–Crippen MR) is 86.1 cm³/mol. The van der Waals surface area contributed by atoms with Gasteiger partial charge in [0, 0.05) is 26.2 Å². The van der Waals surface area contributed by atoms with E-state index >= 15 is 0 Å². The van der Waals surface area contributed by atoms with Crippen molar-refractivity contribution in [3.63, 3.8) is 0 Å². The van der Waals surface area contributed by atoms with Gasteiger partial charge in [-0.05, 0) is 57.0 Å². The van der Waals surface area contributed by atoms with Crippen molar-refractivity contribution in [1.29, 1.82) is 0 Å². The van der Waals surface area contributed by atoms with Crippen LogP contribution in [-0.2, 0) is 0 Å². The maximum absolute atomic E-state index is 4.28. The zero-order valence-corrected chi connectivity index (χ0v) is 13.5. The molecular weight excluding hydrogens is 248 g/mol. The molecule has 0 amide bonds. The molecule has 2 aliphatic rings. The van der Waals surface area contributed by atoms with E-state index in [2.05, 4.69) is 34.4 Å². The number of nitrogens with one attached hydrogen (secondary N) is 2. The van der Waals surface area contributed by atoms with E-state index < -0.39 is 0 Å². The van der Waals surface area contributed by atoms with Gasteiger partial charge in [0.25, 0.3) is 0 Å². The molecule has 0 aromatic carbocycles. The van der Waals surface area contributed by atoms with Crippen LogP contribution < -0.4 is 10.6 Å². The molecule has 4 nitrogen and oxygen atoms in total. The highest BCUT2D eigenvalue weighted by atomic mass is 15.2. The van der Waals surface area contributed by atoms with Gasteiger partial charge in [0.05, 0.1) is 0 Å². The lowest BCUT2D eigenvalue weighted by atomic mass is 10.0. The molecule has 2 rings (SSSR count). The zero-order valence-electron chi connectivity index (χ0n) is 13.5. The van der Waals surface area contributed by atoms with Crippen LogP contribution in [0.25, 0.3) is 0 Å². The van der Waals surface area contributed by atoms with Gasteiger partial charge in [-0.25, -0.2) is 0 Å². The number of likely N-dealkylation sites (tertiary alicyclic amines) is 1. The third-order valence-electron chi connectivity index (χ3n) is 4.59. The molecule has 3 unspecified atom stereocenters. The Morgan fingerprint density at radius 2 is 2.10 bits per heavy atom. The standard InChI is InChI=1S/C16H32N4/c1-13-7-6-10-20(12-13)9-5-4-8-18-16(17-3)19-15-11-14(15)2/h13-15H,4-12H2,1-3H3,(H2,17,18,19). The molecule has 1 aliphatic heterocycles. The van der Waals surface area contributed by atoms with Crippen LogP contribution in [0.5, 0.6) is 0 Å². The highest BCUT2D eigenvalue weighted by Gasteiger charge is 2.33. The minimum Gasteiger partial charge on any atom is -0.356 e. The first-order valence-corrected chi connectivity index (χ1v) is 8.38. The summed E-state index contributed by atoms with van der Waals surface area (Å²) in [7, 11) is 1.86. The molecule has 3 atom stereocenters. The van der Waals surface area contributed by atoms with Gasteiger partial charge in [0.15, 0.2) is 5.96 Å². The number of nitrogens with zero attached hydrogens (tertiary/aromatic N) is 2. The first-order chi connectivity index (χ1) is 9.69. The quantitative estimate of drug-likeness (QED) is 0.444. The molecule has 0 spiro atoms. The van der Waals surface area contributed by atoms with E-state index in [4.69, 9.17) is 0 Å². The average molecular weight is 280 g/mol. The van der Waals surface area contributed by atoms with E-state index in [1.54, 1.807) is 0 Å². The molecule has 116 valence electrons. The molecule has 1 aliphatic carbocycles. The van der Waals surface area contributed by atoms with Gasteiger partial charge >= 0.3 is 0 Å². The van der Waals surface area contributed by atoms with Crippen molar-refractivity contribution in [1.82, 2.24) is 15.5 Å². The molecule has 20 heavy (non-hydrogen) atoms. The molecule has 1 saturated carbocycles. The lowest BCUT2D eigenvalue weighted by molar-refractivity contribution is 0.181. The van der Waals surface area contributed by atoms with Crippen molar-refractivity contribution >= 4 is 5.96 Å². The Bertz CT molecular complexity index is 316. The van der Waals surface area contributed by atoms with Crippen LogP contribution in [0, 0.1) is 11.8 Å². The predicted octanol–water partition coefficient (Wildman–Crippen LogP) is 2.07. The van der Waals surface area contributed by atoms with Crippen LogP contribution in [0.1, 0.15) is 46.0 Å². The fraction of sp³-hybridized carbons (Fsp3) is 0.938. The first-order valence-electron chi connectivity index (χ1n) is 8.38. The van der Waals surface area contributed by atoms with Crippen molar-refractivity contribution in [2.24, 2.45) is 16.8 Å². The first kappa shape index (κ1) is 15.6. The lowest BCUT2D eigenvalue weighted by Gasteiger charge is -2.30. The molecule has 4 heteroatoms. The minimum atomic E-state index is 0.649. The maximum Gasteiger partial charge on any atom is 0.191 e. The molecule has 2 N–H and O–H groups in total. The molecule has 0 aromatic rings. The van der Waals surface area contributed by atoms with Crippen LogP contribution in [0.3, 0.4) is 0 Å². The van der Waals surface area contributed by atoms with Crippen molar-refractivity contribution in [3.8, 4) is 0 Å². The second-order valence-corrected chi connectivity index (χ2v) is 6.72. The van der Waals surface area contributed by atoms with Crippen molar-refractivity contribution in [2.45, 2.75) is 52.0 Å². The molecule has 0 aromatic heterocycles.